The first-order valence-electron chi connectivity index (χ1n) is 23.5. The highest BCUT2D eigenvalue weighted by Crippen LogP contribution is 2.16. The Hall–Kier alpha value is -1.59. The van der Waals surface area contributed by atoms with Gasteiger partial charge in [-0.1, -0.05) is 226 Å². The molecule has 0 heterocycles. The van der Waals surface area contributed by atoms with E-state index < -0.39 is 6.10 Å². The van der Waals surface area contributed by atoms with Crippen LogP contribution in [0.3, 0.4) is 0 Å². The third kappa shape index (κ3) is 41.4. The zero-order valence-electron chi connectivity index (χ0n) is 35.8. The summed E-state index contributed by atoms with van der Waals surface area (Å²) in [4.78, 5) is 37.7. The summed E-state index contributed by atoms with van der Waals surface area (Å²) < 4.78 is 16.7. The van der Waals surface area contributed by atoms with E-state index in [-0.39, 0.29) is 31.1 Å². The zero-order chi connectivity index (χ0) is 38.7. The summed E-state index contributed by atoms with van der Waals surface area (Å²) in [6.45, 7) is 6.65. The molecule has 0 radical (unpaired) electrons. The number of carbonyl (C=O) groups is 3. The predicted octanol–water partition coefficient (Wildman–Crippen LogP) is 14.9. The lowest BCUT2D eigenvalue weighted by Crippen LogP contribution is -2.30. The lowest BCUT2D eigenvalue weighted by Gasteiger charge is -2.18. The quantitative estimate of drug-likeness (QED) is 0.0351. The second kappa shape index (κ2) is 43.1. The fourth-order valence-corrected chi connectivity index (χ4v) is 7.03. The molecule has 0 aromatic heterocycles. The molecular weight excluding hydrogens is 661 g/mol. The van der Waals surface area contributed by atoms with Gasteiger partial charge in [0.05, 0.1) is 0 Å². The third-order valence-electron chi connectivity index (χ3n) is 10.6. The minimum Gasteiger partial charge on any atom is -0.462 e. The summed E-state index contributed by atoms with van der Waals surface area (Å²) >= 11 is 0. The molecule has 0 aromatic carbocycles. The van der Waals surface area contributed by atoms with Crippen molar-refractivity contribution in [2.75, 3.05) is 13.2 Å². The van der Waals surface area contributed by atoms with Crippen LogP contribution in [0.4, 0.5) is 0 Å². The molecule has 0 N–H and O–H groups in total. The normalized spacial score (nSPS) is 11.8. The Labute approximate surface area is 329 Å². The molecule has 0 aliphatic rings. The van der Waals surface area contributed by atoms with Crippen LogP contribution in [-0.4, -0.2) is 37.2 Å². The molecule has 0 saturated heterocycles. The van der Waals surface area contributed by atoms with E-state index in [2.05, 4.69) is 20.8 Å². The molecule has 314 valence electrons. The van der Waals surface area contributed by atoms with Gasteiger partial charge in [0.2, 0.25) is 0 Å². The van der Waals surface area contributed by atoms with Crippen LogP contribution < -0.4 is 0 Å². The van der Waals surface area contributed by atoms with Crippen molar-refractivity contribution in [3.05, 3.63) is 0 Å². The summed E-state index contributed by atoms with van der Waals surface area (Å²) in [5, 5.41) is 0. The third-order valence-corrected chi connectivity index (χ3v) is 10.6. The molecule has 6 heteroatoms. The highest BCUT2D eigenvalue weighted by atomic mass is 16.6. The summed E-state index contributed by atoms with van der Waals surface area (Å²) in [5.74, 6) is -0.849. The molecular formula is C47H90O6. The molecule has 0 aliphatic heterocycles. The van der Waals surface area contributed by atoms with Crippen LogP contribution in [0.2, 0.25) is 0 Å². The molecule has 1 atom stereocenters. The maximum Gasteiger partial charge on any atom is 0.306 e. The maximum atomic E-state index is 12.7. The van der Waals surface area contributed by atoms with Gasteiger partial charge in [0, 0.05) is 19.3 Å². The van der Waals surface area contributed by atoms with Crippen molar-refractivity contribution in [1.82, 2.24) is 0 Å². The Morgan fingerprint density at radius 2 is 0.509 bits per heavy atom. The minimum absolute atomic E-state index is 0.0625. The number of esters is 3. The zero-order valence-corrected chi connectivity index (χ0v) is 35.8. The number of ether oxygens (including phenoxy) is 3. The monoisotopic (exact) mass is 751 g/mol. The van der Waals surface area contributed by atoms with E-state index in [4.69, 9.17) is 14.2 Å². The molecule has 0 rings (SSSR count). The van der Waals surface area contributed by atoms with Crippen LogP contribution in [0, 0.1) is 0 Å². The fraction of sp³-hybridized carbons (Fsp3) is 0.936. The molecule has 0 saturated carbocycles. The predicted molar refractivity (Wildman–Crippen MR) is 224 cm³/mol. The molecule has 0 aliphatic carbocycles. The number of rotatable bonds is 43. The maximum absolute atomic E-state index is 12.7. The van der Waals surface area contributed by atoms with E-state index >= 15 is 0 Å². The number of unbranched alkanes of at least 4 members (excludes halogenated alkanes) is 32. The van der Waals surface area contributed by atoms with Gasteiger partial charge in [0.15, 0.2) is 6.10 Å². The van der Waals surface area contributed by atoms with Crippen LogP contribution in [0.5, 0.6) is 0 Å². The smallest absolute Gasteiger partial charge is 0.306 e. The molecule has 0 amide bonds. The van der Waals surface area contributed by atoms with E-state index in [0.29, 0.717) is 19.3 Å². The number of hydrogen-bond acceptors (Lipinski definition) is 6. The van der Waals surface area contributed by atoms with Crippen LogP contribution >= 0.6 is 0 Å². The van der Waals surface area contributed by atoms with Crippen LogP contribution in [0.15, 0.2) is 0 Å². The lowest BCUT2D eigenvalue weighted by atomic mass is 10.0. The van der Waals surface area contributed by atoms with Gasteiger partial charge in [-0.3, -0.25) is 14.4 Å². The Bertz CT molecular complexity index is 783. The van der Waals surface area contributed by atoms with Gasteiger partial charge in [-0.15, -0.1) is 0 Å². The molecule has 6 nitrogen and oxygen atoms in total. The minimum atomic E-state index is -0.757. The number of hydrogen-bond donors (Lipinski definition) is 0. The molecule has 0 aromatic rings. The van der Waals surface area contributed by atoms with E-state index in [1.54, 1.807) is 0 Å². The Morgan fingerprint density at radius 1 is 0.302 bits per heavy atom. The topological polar surface area (TPSA) is 78.9 Å². The average molecular weight is 751 g/mol. The van der Waals surface area contributed by atoms with Gasteiger partial charge < -0.3 is 14.2 Å². The molecule has 53 heavy (non-hydrogen) atoms. The largest absolute Gasteiger partial charge is 0.462 e. The summed E-state index contributed by atoms with van der Waals surface area (Å²) in [6.07, 6.45) is 43.6. The Balaban J connectivity index is 4.32. The summed E-state index contributed by atoms with van der Waals surface area (Å²) in [5.41, 5.74) is 0. The summed E-state index contributed by atoms with van der Waals surface area (Å²) in [6, 6.07) is 0. The average Bonchev–Trinajstić information content (AvgIpc) is 3.15. The fourth-order valence-electron chi connectivity index (χ4n) is 7.03. The highest BCUT2D eigenvalue weighted by molar-refractivity contribution is 5.71. The first-order valence-corrected chi connectivity index (χ1v) is 23.5. The van der Waals surface area contributed by atoms with Crippen molar-refractivity contribution in [2.45, 2.75) is 271 Å². The van der Waals surface area contributed by atoms with Crippen molar-refractivity contribution in [3.8, 4) is 0 Å². The van der Waals surface area contributed by atoms with Gasteiger partial charge in [-0.2, -0.15) is 0 Å². The van der Waals surface area contributed by atoms with E-state index in [1.165, 1.54) is 167 Å². The second-order valence-electron chi connectivity index (χ2n) is 16.0. The second-order valence-corrected chi connectivity index (χ2v) is 16.0. The van der Waals surface area contributed by atoms with Crippen LogP contribution in [0.25, 0.3) is 0 Å². The Kier molecular flexibility index (Phi) is 41.8. The molecule has 0 unspecified atom stereocenters. The molecule has 0 spiro atoms. The molecule has 0 fully saturated rings. The highest BCUT2D eigenvalue weighted by Gasteiger charge is 2.19. The van der Waals surface area contributed by atoms with Crippen molar-refractivity contribution < 1.29 is 28.6 Å². The standard InChI is InChI=1S/C47H90O6/c1-4-7-10-13-16-19-22-25-28-31-34-37-40-46(49)52-43-44(42-51-45(48)39-36-33-30-27-24-21-18-15-12-9-6-3)53-47(50)41-38-35-32-29-26-23-20-17-14-11-8-5-2/h44H,4-43H2,1-3H3/t44-/m0/s1. The SMILES string of the molecule is CCCCCCCCCCCCCCC(=O)OC[C@H](COC(=O)CCCCCCCCCCCCC)OC(=O)CCCCCCCCCCCCCC. The van der Waals surface area contributed by atoms with E-state index in [9.17, 15) is 14.4 Å². The number of carbonyl (C=O) groups excluding carboxylic acids is 3. The lowest BCUT2D eigenvalue weighted by molar-refractivity contribution is -0.167. The van der Waals surface area contributed by atoms with Crippen molar-refractivity contribution in [1.29, 1.82) is 0 Å². The van der Waals surface area contributed by atoms with Crippen LogP contribution in [-0.2, 0) is 28.6 Å². The van der Waals surface area contributed by atoms with Crippen LogP contribution in [0.1, 0.15) is 265 Å². The van der Waals surface area contributed by atoms with E-state index in [0.717, 1.165) is 57.8 Å². The first-order chi connectivity index (χ1) is 26.0. The summed E-state index contributed by atoms with van der Waals surface area (Å²) in [7, 11) is 0. The van der Waals surface area contributed by atoms with Crippen molar-refractivity contribution >= 4 is 17.9 Å². The van der Waals surface area contributed by atoms with Gasteiger partial charge in [0.25, 0.3) is 0 Å². The first kappa shape index (κ1) is 51.4. The van der Waals surface area contributed by atoms with Gasteiger partial charge >= 0.3 is 17.9 Å². The van der Waals surface area contributed by atoms with Gasteiger partial charge in [-0.05, 0) is 19.3 Å². The van der Waals surface area contributed by atoms with E-state index in [1.807, 2.05) is 0 Å². The van der Waals surface area contributed by atoms with Gasteiger partial charge in [0.1, 0.15) is 13.2 Å². The van der Waals surface area contributed by atoms with Crippen molar-refractivity contribution in [2.24, 2.45) is 0 Å². The Morgan fingerprint density at radius 3 is 0.755 bits per heavy atom. The van der Waals surface area contributed by atoms with Crippen molar-refractivity contribution in [3.63, 3.8) is 0 Å². The molecule has 0 bridgehead atoms. The van der Waals surface area contributed by atoms with Gasteiger partial charge in [-0.25, -0.2) is 0 Å².